The third-order valence-electron chi connectivity index (χ3n) is 4.10. The zero-order valence-electron chi connectivity index (χ0n) is 16.1. The lowest BCUT2D eigenvalue weighted by molar-refractivity contribution is -0.113. The molecule has 0 radical (unpaired) electrons. The number of aromatic nitrogens is 4. The monoisotopic (exact) mass is 437 g/mol. The van der Waals surface area contributed by atoms with Gasteiger partial charge in [0.05, 0.1) is 5.75 Å². The van der Waals surface area contributed by atoms with Gasteiger partial charge in [-0.2, -0.15) is 0 Å². The average Bonchev–Trinajstić information content (AvgIpc) is 3.43. The van der Waals surface area contributed by atoms with Crippen LogP contribution in [0.1, 0.15) is 18.9 Å². The van der Waals surface area contributed by atoms with Crippen molar-refractivity contribution in [3.05, 3.63) is 78.1 Å². The van der Waals surface area contributed by atoms with Gasteiger partial charge in [0.2, 0.25) is 5.91 Å². The number of hydrogen-bond acceptors (Lipinski definition) is 7. The minimum atomic E-state index is -0.335. The van der Waals surface area contributed by atoms with Crippen molar-refractivity contribution in [3.63, 3.8) is 0 Å². The second-order valence-electron chi connectivity index (χ2n) is 6.26. The quantitative estimate of drug-likeness (QED) is 0.406. The summed E-state index contributed by atoms with van der Waals surface area (Å²) in [6, 6.07) is 19.4. The van der Waals surface area contributed by atoms with Crippen LogP contribution in [0, 0.1) is 0 Å². The van der Waals surface area contributed by atoms with Crippen molar-refractivity contribution >= 4 is 34.1 Å². The van der Waals surface area contributed by atoms with Crippen LogP contribution in [-0.4, -0.2) is 31.4 Å². The first-order chi connectivity index (χ1) is 14.7. The van der Waals surface area contributed by atoms with Crippen LogP contribution >= 0.6 is 23.1 Å². The zero-order valence-corrected chi connectivity index (χ0v) is 17.8. The number of rotatable bonds is 8. The van der Waals surface area contributed by atoms with Crippen LogP contribution in [0.15, 0.2) is 77.4 Å². The molecule has 0 saturated heterocycles. The van der Waals surface area contributed by atoms with Gasteiger partial charge < -0.3 is 10.1 Å². The van der Waals surface area contributed by atoms with E-state index < -0.39 is 0 Å². The highest BCUT2D eigenvalue weighted by atomic mass is 32.2. The highest BCUT2D eigenvalue weighted by molar-refractivity contribution is 7.99. The Hall–Kier alpha value is -3.17. The van der Waals surface area contributed by atoms with Gasteiger partial charge in [-0.1, -0.05) is 48.2 Å². The lowest BCUT2D eigenvalue weighted by Gasteiger charge is -2.16. The van der Waals surface area contributed by atoms with Gasteiger partial charge in [0.15, 0.2) is 22.2 Å². The Kier molecular flexibility index (Phi) is 6.41. The number of benzene rings is 2. The summed E-state index contributed by atoms with van der Waals surface area (Å²) in [6.07, 6.45) is 1.32. The van der Waals surface area contributed by atoms with Gasteiger partial charge in [-0.3, -0.25) is 9.36 Å². The predicted molar refractivity (Wildman–Crippen MR) is 118 cm³/mol. The smallest absolute Gasteiger partial charge is 0.236 e. The van der Waals surface area contributed by atoms with Crippen molar-refractivity contribution in [2.75, 3.05) is 11.1 Å². The molecule has 1 unspecified atom stereocenters. The summed E-state index contributed by atoms with van der Waals surface area (Å²) in [5.74, 6) is 1.46. The van der Waals surface area contributed by atoms with Crippen molar-refractivity contribution in [3.8, 4) is 11.4 Å². The van der Waals surface area contributed by atoms with Gasteiger partial charge >= 0.3 is 0 Å². The molecule has 1 atom stereocenters. The van der Waals surface area contributed by atoms with Crippen molar-refractivity contribution < 1.29 is 9.53 Å². The van der Waals surface area contributed by atoms with Crippen LogP contribution < -0.4 is 10.1 Å². The SMILES string of the molecule is CC(Oc1ccccc1)c1nnc(SCC(=O)Nc2nccs2)n1-c1ccccc1. The largest absolute Gasteiger partial charge is 0.483 e. The second kappa shape index (κ2) is 9.55. The Morgan fingerprint density at radius 2 is 1.87 bits per heavy atom. The van der Waals surface area contributed by atoms with Gasteiger partial charge in [-0.15, -0.1) is 21.5 Å². The van der Waals surface area contributed by atoms with E-state index in [0.717, 1.165) is 11.4 Å². The van der Waals surface area contributed by atoms with Gasteiger partial charge in [0, 0.05) is 17.3 Å². The van der Waals surface area contributed by atoms with E-state index in [4.69, 9.17) is 4.74 Å². The van der Waals surface area contributed by atoms with E-state index in [-0.39, 0.29) is 17.8 Å². The molecule has 2 aromatic carbocycles. The molecule has 0 spiro atoms. The molecular formula is C21H19N5O2S2. The van der Waals surface area contributed by atoms with E-state index in [2.05, 4.69) is 20.5 Å². The minimum Gasteiger partial charge on any atom is -0.483 e. The van der Waals surface area contributed by atoms with Crippen molar-refractivity contribution in [2.24, 2.45) is 0 Å². The van der Waals surface area contributed by atoms with E-state index in [1.54, 1.807) is 6.20 Å². The first-order valence-electron chi connectivity index (χ1n) is 9.25. The molecule has 1 amide bonds. The molecule has 9 heteroatoms. The molecule has 0 bridgehead atoms. The number of nitrogens with zero attached hydrogens (tertiary/aromatic N) is 4. The third kappa shape index (κ3) is 4.87. The number of amides is 1. The maximum Gasteiger partial charge on any atom is 0.236 e. The number of thioether (sulfide) groups is 1. The van der Waals surface area contributed by atoms with E-state index in [0.29, 0.717) is 16.1 Å². The molecule has 4 rings (SSSR count). The summed E-state index contributed by atoms with van der Waals surface area (Å²) in [6.45, 7) is 1.93. The Balaban J connectivity index is 1.55. The molecule has 0 saturated carbocycles. The lowest BCUT2D eigenvalue weighted by Crippen LogP contribution is -2.15. The summed E-state index contributed by atoms with van der Waals surface area (Å²) < 4.78 is 7.98. The highest BCUT2D eigenvalue weighted by Gasteiger charge is 2.21. The normalized spacial score (nSPS) is 11.8. The van der Waals surface area contributed by atoms with Crippen LogP contribution in [0.4, 0.5) is 5.13 Å². The van der Waals surface area contributed by atoms with E-state index in [9.17, 15) is 4.79 Å². The Morgan fingerprint density at radius 3 is 2.57 bits per heavy atom. The van der Waals surface area contributed by atoms with Gasteiger partial charge in [0.1, 0.15) is 5.75 Å². The zero-order chi connectivity index (χ0) is 20.8. The van der Waals surface area contributed by atoms with Crippen molar-refractivity contribution in [2.45, 2.75) is 18.2 Å². The van der Waals surface area contributed by atoms with Gasteiger partial charge in [-0.05, 0) is 31.2 Å². The van der Waals surface area contributed by atoms with E-state index in [1.165, 1.54) is 23.1 Å². The number of hydrogen-bond donors (Lipinski definition) is 1. The maximum atomic E-state index is 12.3. The minimum absolute atomic E-state index is 0.146. The summed E-state index contributed by atoms with van der Waals surface area (Å²) in [5, 5.41) is 14.5. The second-order valence-corrected chi connectivity index (χ2v) is 8.10. The first-order valence-corrected chi connectivity index (χ1v) is 11.1. The maximum absolute atomic E-state index is 12.3. The molecular weight excluding hydrogens is 418 g/mol. The standard InChI is InChI=1S/C21H19N5O2S2/c1-15(28-17-10-6-3-7-11-17)19-24-25-21(26(19)16-8-4-2-5-9-16)30-14-18(27)23-20-22-12-13-29-20/h2-13,15H,14H2,1H3,(H,22,23,27). The fourth-order valence-corrected chi connectivity index (χ4v) is 4.09. The Labute approximate surface area is 182 Å². The lowest BCUT2D eigenvalue weighted by atomic mass is 10.3. The van der Waals surface area contributed by atoms with Gasteiger partial charge in [0.25, 0.3) is 0 Å². The number of nitrogens with one attached hydrogen (secondary N) is 1. The molecule has 30 heavy (non-hydrogen) atoms. The van der Waals surface area contributed by atoms with Crippen molar-refractivity contribution in [1.82, 2.24) is 19.7 Å². The van der Waals surface area contributed by atoms with Crippen LogP contribution in [-0.2, 0) is 4.79 Å². The fourth-order valence-electron chi connectivity index (χ4n) is 2.78. The summed E-state index contributed by atoms with van der Waals surface area (Å²) >= 11 is 2.69. The molecule has 0 aliphatic heterocycles. The predicted octanol–water partition coefficient (Wildman–Crippen LogP) is 4.59. The number of carbonyl (C=O) groups excluding carboxylic acids is 1. The Morgan fingerprint density at radius 1 is 1.13 bits per heavy atom. The van der Waals surface area contributed by atoms with E-state index in [1.807, 2.05) is 77.5 Å². The van der Waals surface area contributed by atoms with Crippen LogP contribution in [0.25, 0.3) is 5.69 Å². The molecule has 2 heterocycles. The number of thiazole rings is 1. The molecule has 0 aliphatic carbocycles. The summed E-state index contributed by atoms with van der Waals surface area (Å²) in [5.41, 5.74) is 0.906. The first kappa shape index (κ1) is 20.1. The number of ether oxygens (including phenoxy) is 1. The van der Waals surface area contributed by atoms with Crippen LogP contribution in [0.5, 0.6) is 5.75 Å². The molecule has 4 aromatic rings. The molecule has 7 nitrogen and oxygen atoms in total. The summed E-state index contributed by atoms with van der Waals surface area (Å²) in [4.78, 5) is 16.3. The average molecular weight is 438 g/mol. The number of carbonyl (C=O) groups is 1. The fraction of sp³-hybridized carbons (Fsp3) is 0.143. The van der Waals surface area contributed by atoms with E-state index >= 15 is 0 Å². The number of anilines is 1. The number of para-hydroxylation sites is 2. The third-order valence-corrected chi connectivity index (χ3v) is 5.72. The Bertz CT molecular complexity index is 1090. The molecule has 152 valence electrons. The van der Waals surface area contributed by atoms with Crippen molar-refractivity contribution in [1.29, 1.82) is 0 Å². The van der Waals surface area contributed by atoms with Crippen LogP contribution in [0.2, 0.25) is 0 Å². The van der Waals surface area contributed by atoms with Gasteiger partial charge in [-0.25, -0.2) is 4.98 Å². The molecule has 0 fully saturated rings. The molecule has 1 N–H and O–H groups in total. The van der Waals surface area contributed by atoms with Crippen LogP contribution in [0.3, 0.4) is 0 Å². The molecule has 2 aromatic heterocycles. The highest BCUT2D eigenvalue weighted by Crippen LogP contribution is 2.28. The molecule has 0 aliphatic rings. The topological polar surface area (TPSA) is 81.9 Å². The summed E-state index contributed by atoms with van der Waals surface area (Å²) in [7, 11) is 0.